The van der Waals surface area contributed by atoms with E-state index in [4.69, 9.17) is 11.6 Å². The average Bonchev–Trinajstić information content (AvgIpc) is 3.36. The molecule has 4 amide bonds. The van der Waals surface area contributed by atoms with Gasteiger partial charge in [-0.15, -0.1) is 0 Å². The number of imide groups is 2. The molecule has 0 aromatic heterocycles. The van der Waals surface area contributed by atoms with Gasteiger partial charge in [-0.05, 0) is 68.5 Å². The molecule has 2 saturated heterocycles. The number of fused-ring (bicyclic) bond motifs is 4. The molecular formula is C34H28ClFN2O5. The number of aryl methyl sites for hydroxylation is 1. The molecule has 3 aromatic rings. The molecule has 0 bridgehead atoms. The number of amides is 4. The Balaban J connectivity index is 1.38. The van der Waals surface area contributed by atoms with Crippen LogP contribution in [0.4, 0.5) is 15.8 Å². The summed E-state index contributed by atoms with van der Waals surface area (Å²) < 4.78 is 14.8. The predicted molar refractivity (Wildman–Crippen MR) is 158 cm³/mol. The van der Waals surface area contributed by atoms with Gasteiger partial charge >= 0.3 is 0 Å². The summed E-state index contributed by atoms with van der Waals surface area (Å²) in [5.74, 6) is -6.86. The Hall–Kier alpha value is -4.30. The van der Waals surface area contributed by atoms with Gasteiger partial charge in [-0.2, -0.15) is 0 Å². The Morgan fingerprint density at radius 2 is 1.63 bits per heavy atom. The normalized spacial score (nSPS) is 29.9. The number of aromatic hydroxyl groups is 1. The molecule has 0 unspecified atom stereocenters. The minimum atomic E-state index is -1.37. The van der Waals surface area contributed by atoms with E-state index in [0.29, 0.717) is 22.0 Å². The number of rotatable bonds is 3. The van der Waals surface area contributed by atoms with Crippen LogP contribution in [0.15, 0.2) is 78.4 Å². The van der Waals surface area contributed by atoms with Gasteiger partial charge in [-0.25, -0.2) is 14.2 Å². The first kappa shape index (κ1) is 27.5. The second kappa shape index (κ2) is 9.61. The smallest absolute Gasteiger partial charge is 0.241 e. The molecule has 43 heavy (non-hydrogen) atoms. The Morgan fingerprint density at radius 1 is 0.884 bits per heavy atom. The minimum absolute atomic E-state index is 0.158. The first-order valence-electron chi connectivity index (χ1n) is 14.3. The zero-order valence-corrected chi connectivity index (χ0v) is 24.2. The number of hydrogen-bond acceptors (Lipinski definition) is 5. The zero-order chi connectivity index (χ0) is 30.4. The number of phenols is 1. The summed E-state index contributed by atoms with van der Waals surface area (Å²) in [6.45, 7) is 3.52. The van der Waals surface area contributed by atoms with Crippen LogP contribution in [0.5, 0.6) is 5.75 Å². The van der Waals surface area contributed by atoms with Crippen molar-refractivity contribution < 1.29 is 28.7 Å². The molecule has 218 valence electrons. The van der Waals surface area contributed by atoms with E-state index in [1.165, 1.54) is 15.9 Å². The molecule has 7 rings (SSSR count). The summed E-state index contributed by atoms with van der Waals surface area (Å²) in [5.41, 5.74) is 1.08. The molecule has 6 atom stereocenters. The van der Waals surface area contributed by atoms with Crippen LogP contribution in [-0.4, -0.2) is 28.7 Å². The third kappa shape index (κ3) is 3.72. The molecule has 2 aliphatic carbocycles. The summed E-state index contributed by atoms with van der Waals surface area (Å²) in [6, 6.07) is 17.8. The predicted octanol–water partition coefficient (Wildman–Crippen LogP) is 5.93. The molecule has 1 saturated carbocycles. The van der Waals surface area contributed by atoms with Crippen molar-refractivity contribution in [2.75, 3.05) is 9.80 Å². The highest BCUT2D eigenvalue weighted by Crippen LogP contribution is 2.64. The molecule has 0 radical (unpaired) electrons. The van der Waals surface area contributed by atoms with Crippen LogP contribution in [-0.2, 0) is 19.2 Å². The van der Waals surface area contributed by atoms with Gasteiger partial charge in [0.05, 0.1) is 34.5 Å². The molecule has 9 heteroatoms. The third-order valence-corrected chi connectivity index (χ3v) is 10.4. The van der Waals surface area contributed by atoms with Gasteiger partial charge in [-0.3, -0.25) is 19.2 Å². The maximum absolute atomic E-state index is 14.8. The lowest BCUT2D eigenvalue weighted by molar-refractivity contribution is -0.131. The molecule has 2 aliphatic heterocycles. The Labute approximate surface area is 252 Å². The second-order valence-corrected chi connectivity index (χ2v) is 12.5. The van der Waals surface area contributed by atoms with Crippen LogP contribution in [0, 0.1) is 41.8 Å². The van der Waals surface area contributed by atoms with Crippen molar-refractivity contribution in [3.8, 4) is 5.75 Å². The molecule has 0 spiro atoms. The van der Waals surface area contributed by atoms with E-state index in [2.05, 4.69) is 0 Å². The number of carbonyl (C=O) groups excluding carboxylic acids is 4. The summed E-state index contributed by atoms with van der Waals surface area (Å²) in [5, 5.41) is 11.4. The summed E-state index contributed by atoms with van der Waals surface area (Å²) in [4.78, 5) is 58.7. The first-order valence-corrected chi connectivity index (χ1v) is 14.7. The van der Waals surface area contributed by atoms with E-state index >= 15 is 0 Å². The highest BCUT2D eigenvalue weighted by atomic mass is 35.5. The van der Waals surface area contributed by atoms with Crippen LogP contribution in [0.1, 0.15) is 36.8 Å². The Kier molecular flexibility index (Phi) is 6.15. The fourth-order valence-electron chi connectivity index (χ4n) is 7.92. The number of hydrogen-bond donors (Lipinski definition) is 1. The summed E-state index contributed by atoms with van der Waals surface area (Å²) in [7, 11) is 0. The van der Waals surface area contributed by atoms with Crippen LogP contribution < -0.4 is 9.80 Å². The summed E-state index contributed by atoms with van der Waals surface area (Å²) in [6.07, 6.45) is 2.25. The molecule has 4 aliphatic rings. The highest BCUT2D eigenvalue weighted by Gasteiger charge is 2.68. The monoisotopic (exact) mass is 598 g/mol. The largest absolute Gasteiger partial charge is 0.505 e. The van der Waals surface area contributed by atoms with Crippen molar-refractivity contribution in [1.82, 2.24) is 0 Å². The number of para-hydroxylation sites is 2. The van der Waals surface area contributed by atoms with Crippen molar-refractivity contribution in [3.05, 3.63) is 100 Å². The van der Waals surface area contributed by atoms with Gasteiger partial charge in [0.15, 0.2) is 11.6 Å². The fraction of sp³-hybridized carbons (Fsp3) is 0.294. The van der Waals surface area contributed by atoms with Crippen molar-refractivity contribution >= 4 is 46.6 Å². The van der Waals surface area contributed by atoms with E-state index < -0.39 is 64.3 Å². The first-order chi connectivity index (χ1) is 20.6. The van der Waals surface area contributed by atoms with E-state index in [1.54, 1.807) is 61.5 Å². The number of phenolic OH excluding ortho intramolecular Hbond substituents is 1. The SMILES string of the molecule is Cc1ccc(N2C(=O)[C@H]3[C@H](CC=C4[C@H]3C[C@H]3C(=O)N(c5ccccc5)C(=O)[C@@]3(C)[C@H]4c3cccc(F)c3O)C2=O)cc1Cl. The number of benzene rings is 3. The van der Waals surface area contributed by atoms with Gasteiger partial charge < -0.3 is 5.11 Å². The quantitative estimate of drug-likeness (QED) is 0.298. The maximum atomic E-state index is 14.8. The van der Waals surface area contributed by atoms with Gasteiger partial charge in [0, 0.05) is 16.5 Å². The van der Waals surface area contributed by atoms with Crippen molar-refractivity contribution in [2.24, 2.45) is 29.1 Å². The van der Waals surface area contributed by atoms with E-state index in [1.807, 2.05) is 13.0 Å². The van der Waals surface area contributed by atoms with Crippen molar-refractivity contribution in [1.29, 1.82) is 0 Å². The lowest BCUT2D eigenvalue weighted by Gasteiger charge is -2.49. The third-order valence-electron chi connectivity index (χ3n) is 10.0. The molecule has 3 fully saturated rings. The van der Waals surface area contributed by atoms with Gasteiger partial charge in [0.25, 0.3) is 0 Å². The van der Waals surface area contributed by atoms with Gasteiger partial charge in [0.1, 0.15) is 0 Å². The van der Waals surface area contributed by atoms with Gasteiger partial charge in [-0.1, -0.05) is 59.6 Å². The number of anilines is 2. The van der Waals surface area contributed by atoms with E-state index in [9.17, 15) is 28.7 Å². The molecule has 1 N–H and O–H groups in total. The fourth-order valence-corrected chi connectivity index (χ4v) is 8.10. The van der Waals surface area contributed by atoms with Crippen LogP contribution in [0.2, 0.25) is 5.02 Å². The summed E-state index contributed by atoms with van der Waals surface area (Å²) >= 11 is 6.35. The van der Waals surface area contributed by atoms with Crippen LogP contribution >= 0.6 is 11.6 Å². The molecular weight excluding hydrogens is 571 g/mol. The average molecular weight is 599 g/mol. The molecule has 2 heterocycles. The van der Waals surface area contributed by atoms with Crippen molar-refractivity contribution in [3.63, 3.8) is 0 Å². The zero-order valence-electron chi connectivity index (χ0n) is 23.5. The van der Waals surface area contributed by atoms with E-state index in [-0.39, 0.29) is 24.3 Å². The second-order valence-electron chi connectivity index (χ2n) is 12.1. The number of halogens is 2. The lowest BCUT2D eigenvalue weighted by atomic mass is 9.51. The maximum Gasteiger partial charge on any atom is 0.241 e. The number of allylic oxidation sites excluding steroid dienone is 2. The number of nitrogens with zero attached hydrogens (tertiary/aromatic N) is 2. The standard InChI is InChI=1S/C34H28ClFN2O5/c1-17-11-12-19(15-25(17)35)37-30(40)21-14-13-20-23(27(21)32(37)42)16-24-31(41)38(18-7-4-3-5-8-18)33(43)34(24,2)28(20)22-9-6-10-26(36)29(22)39/h3-13,15,21,23-24,27-28,39H,14,16H2,1-2H3/t21-,23+,24-,27-,28+,34+/m0/s1. The highest BCUT2D eigenvalue weighted by molar-refractivity contribution is 6.32. The Morgan fingerprint density at radius 3 is 2.35 bits per heavy atom. The van der Waals surface area contributed by atoms with E-state index in [0.717, 1.165) is 11.6 Å². The molecule has 3 aromatic carbocycles. The Bertz CT molecular complexity index is 1770. The molecule has 7 nitrogen and oxygen atoms in total. The van der Waals surface area contributed by atoms with Crippen molar-refractivity contribution in [2.45, 2.75) is 32.6 Å². The topological polar surface area (TPSA) is 95.0 Å². The minimum Gasteiger partial charge on any atom is -0.505 e. The van der Waals surface area contributed by atoms with Crippen LogP contribution in [0.3, 0.4) is 0 Å². The lowest BCUT2D eigenvalue weighted by Crippen LogP contribution is -2.49. The number of carbonyl (C=O) groups is 4. The van der Waals surface area contributed by atoms with Crippen LogP contribution in [0.25, 0.3) is 0 Å². The van der Waals surface area contributed by atoms with Gasteiger partial charge in [0.2, 0.25) is 23.6 Å².